The van der Waals surface area contributed by atoms with Crippen molar-refractivity contribution >= 4 is 17.3 Å². The highest BCUT2D eigenvalue weighted by atomic mass is 19.1. The third-order valence-corrected chi connectivity index (χ3v) is 3.10. The predicted molar refractivity (Wildman–Crippen MR) is 78.9 cm³/mol. The lowest BCUT2D eigenvalue weighted by Gasteiger charge is -2.21. The molecule has 0 aliphatic heterocycles. The molecule has 110 valence electrons. The zero-order chi connectivity index (χ0) is 15.6. The number of carboxylic acid groups (broad SMARTS) is 1. The minimum Gasteiger partial charge on any atom is -0.478 e. The average molecular weight is 289 g/mol. The predicted octanol–water partition coefficient (Wildman–Crippen LogP) is 2.45. The zero-order valence-electron chi connectivity index (χ0n) is 11.8. The van der Waals surface area contributed by atoms with E-state index in [1.807, 2.05) is 25.1 Å². The van der Waals surface area contributed by atoms with Gasteiger partial charge in [0.15, 0.2) is 0 Å². The lowest BCUT2D eigenvalue weighted by Crippen LogP contribution is -2.19. The molecule has 3 N–H and O–H groups in total. The van der Waals surface area contributed by atoms with E-state index in [2.05, 4.69) is 4.98 Å². The molecule has 0 spiro atoms. The van der Waals surface area contributed by atoms with Crippen molar-refractivity contribution in [2.75, 3.05) is 17.7 Å². The zero-order valence-corrected chi connectivity index (χ0v) is 11.8. The molecule has 0 radical (unpaired) electrons. The molecular formula is C15H16FN3O2. The molecule has 0 atom stereocenters. The number of hydrogen-bond acceptors (Lipinski definition) is 4. The summed E-state index contributed by atoms with van der Waals surface area (Å²) in [6, 6.07) is 7.91. The van der Waals surface area contributed by atoms with Gasteiger partial charge in [-0.1, -0.05) is 6.07 Å². The van der Waals surface area contributed by atoms with Gasteiger partial charge in [-0.05, 0) is 25.1 Å². The maximum absolute atomic E-state index is 13.8. The molecule has 5 nitrogen and oxygen atoms in total. The molecule has 0 bridgehead atoms. The molecule has 2 aromatic rings. The second kappa shape index (κ2) is 5.78. The molecule has 0 saturated heterocycles. The van der Waals surface area contributed by atoms with Crippen LogP contribution in [-0.2, 0) is 6.54 Å². The van der Waals surface area contributed by atoms with E-state index >= 15 is 0 Å². The number of aromatic carboxylic acids is 1. The number of hydrogen-bond donors (Lipinski definition) is 2. The maximum Gasteiger partial charge on any atom is 0.338 e. The highest BCUT2D eigenvalue weighted by Gasteiger charge is 2.16. The second-order valence-corrected chi connectivity index (χ2v) is 4.82. The highest BCUT2D eigenvalue weighted by molar-refractivity contribution is 5.90. The molecule has 0 unspecified atom stereocenters. The molecule has 0 aliphatic rings. The van der Waals surface area contributed by atoms with Gasteiger partial charge in [0.05, 0.1) is 29.2 Å². The van der Waals surface area contributed by atoms with Crippen LogP contribution in [0, 0.1) is 12.7 Å². The molecule has 0 saturated carbocycles. The number of nitrogen functional groups attached to an aromatic ring is 1. The Morgan fingerprint density at radius 3 is 2.76 bits per heavy atom. The molecule has 0 amide bonds. The summed E-state index contributed by atoms with van der Waals surface area (Å²) in [5.41, 5.74) is 7.74. The number of pyridine rings is 1. The normalized spacial score (nSPS) is 10.4. The monoisotopic (exact) mass is 289 g/mol. The second-order valence-electron chi connectivity index (χ2n) is 4.82. The summed E-state index contributed by atoms with van der Waals surface area (Å²) < 4.78 is 13.8. The fourth-order valence-electron chi connectivity index (χ4n) is 2.09. The van der Waals surface area contributed by atoms with E-state index in [0.717, 1.165) is 23.5 Å². The van der Waals surface area contributed by atoms with Crippen LogP contribution in [0.2, 0.25) is 0 Å². The lowest BCUT2D eigenvalue weighted by molar-refractivity contribution is 0.0692. The van der Waals surface area contributed by atoms with Crippen molar-refractivity contribution in [3.05, 3.63) is 53.1 Å². The SMILES string of the molecule is Cc1cccc(CN(C)c2cc(F)c(C(=O)O)cc2N)n1. The Kier molecular flexibility index (Phi) is 4.07. The minimum absolute atomic E-state index is 0.212. The quantitative estimate of drug-likeness (QED) is 0.845. The molecule has 1 heterocycles. The van der Waals surface area contributed by atoms with Crippen LogP contribution >= 0.6 is 0 Å². The Labute approximate surface area is 121 Å². The van der Waals surface area contributed by atoms with Gasteiger partial charge in [-0.25, -0.2) is 9.18 Å². The van der Waals surface area contributed by atoms with E-state index in [1.54, 1.807) is 11.9 Å². The molecule has 0 aliphatic carbocycles. The number of nitrogens with zero attached hydrogens (tertiary/aromatic N) is 2. The molecule has 1 aromatic carbocycles. The van der Waals surface area contributed by atoms with Crippen LogP contribution in [0.4, 0.5) is 15.8 Å². The number of nitrogens with two attached hydrogens (primary N) is 1. The number of aryl methyl sites for hydroxylation is 1. The van der Waals surface area contributed by atoms with Crippen LogP contribution in [0.1, 0.15) is 21.7 Å². The first kappa shape index (κ1) is 14.8. The van der Waals surface area contributed by atoms with Gasteiger partial charge in [-0.3, -0.25) is 4.98 Å². The summed E-state index contributed by atoms with van der Waals surface area (Å²) in [4.78, 5) is 17.0. The number of rotatable bonds is 4. The van der Waals surface area contributed by atoms with Crippen molar-refractivity contribution in [3.63, 3.8) is 0 Å². The molecule has 21 heavy (non-hydrogen) atoms. The average Bonchev–Trinajstić information content (AvgIpc) is 2.40. The van der Waals surface area contributed by atoms with E-state index in [1.165, 1.54) is 0 Å². The van der Waals surface area contributed by atoms with Crippen LogP contribution in [0.15, 0.2) is 30.3 Å². The van der Waals surface area contributed by atoms with Gasteiger partial charge < -0.3 is 15.7 Å². The molecule has 6 heteroatoms. The van der Waals surface area contributed by atoms with E-state index < -0.39 is 17.3 Å². The van der Waals surface area contributed by atoms with Gasteiger partial charge >= 0.3 is 5.97 Å². The summed E-state index contributed by atoms with van der Waals surface area (Å²) in [5, 5.41) is 8.87. The number of halogens is 1. The Morgan fingerprint density at radius 2 is 2.14 bits per heavy atom. The summed E-state index contributed by atoms with van der Waals surface area (Å²) in [5.74, 6) is -2.15. The van der Waals surface area contributed by atoms with Gasteiger partial charge in [-0.15, -0.1) is 0 Å². The molecule has 2 rings (SSSR count). The van der Waals surface area contributed by atoms with E-state index in [-0.39, 0.29) is 5.69 Å². The number of benzene rings is 1. The summed E-state index contributed by atoms with van der Waals surface area (Å²) >= 11 is 0. The fraction of sp³-hybridized carbons (Fsp3) is 0.200. The Balaban J connectivity index is 2.29. The van der Waals surface area contributed by atoms with Crippen molar-refractivity contribution in [2.24, 2.45) is 0 Å². The number of anilines is 2. The third kappa shape index (κ3) is 3.28. The van der Waals surface area contributed by atoms with E-state index in [9.17, 15) is 9.18 Å². The summed E-state index contributed by atoms with van der Waals surface area (Å²) in [6.45, 7) is 2.33. The van der Waals surface area contributed by atoms with Crippen LogP contribution < -0.4 is 10.6 Å². The molecular weight excluding hydrogens is 273 g/mol. The van der Waals surface area contributed by atoms with Gasteiger partial charge in [0.1, 0.15) is 5.82 Å². The lowest BCUT2D eigenvalue weighted by atomic mass is 10.1. The van der Waals surface area contributed by atoms with Crippen molar-refractivity contribution < 1.29 is 14.3 Å². The van der Waals surface area contributed by atoms with Crippen LogP contribution in [0.3, 0.4) is 0 Å². The topological polar surface area (TPSA) is 79.5 Å². The first-order chi connectivity index (χ1) is 9.88. The van der Waals surface area contributed by atoms with E-state index in [0.29, 0.717) is 12.2 Å². The van der Waals surface area contributed by atoms with Crippen LogP contribution in [-0.4, -0.2) is 23.1 Å². The molecule has 0 fully saturated rings. The van der Waals surface area contributed by atoms with Gasteiger partial charge in [0.25, 0.3) is 0 Å². The fourth-order valence-corrected chi connectivity index (χ4v) is 2.09. The molecule has 1 aromatic heterocycles. The standard InChI is InChI=1S/C15H16FN3O2/c1-9-4-3-5-10(18-9)8-19(2)14-7-12(16)11(15(20)21)6-13(14)17/h3-7H,8,17H2,1-2H3,(H,20,21). The highest BCUT2D eigenvalue weighted by Crippen LogP contribution is 2.27. The van der Waals surface area contributed by atoms with Crippen molar-refractivity contribution in [2.45, 2.75) is 13.5 Å². The Bertz CT molecular complexity index is 689. The van der Waals surface area contributed by atoms with Crippen LogP contribution in [0.5, 0.6) is 0 Å². The smallest absolute Gasteiger partial charge is 0.338 e. The third-order valence-electron chi connectivity index (χ3n) is 3.10. The van der Waals surface area contributed by atoms with Gasteiger partial charge in [0, 0.05) is 18.8 Å². The van der Waals surface area contributed by atoms with Gasteiger partial charge in [0.2, 0.25) is 0 Å². The first-order valence-electron chi connectivity index (χ1n) is 6.34. The van der Waals surface area contributed by atoms with Crippen LogP contribution in [0.25, 0.3) is 0 Å². The number of carbonyl (C=O) groups is 1. The number of aromatic nitrogens is 1. The maximum atomic E-state index is 13.8. The number of carboxylic acids is 1. The largest absolute Gasteiger partial charge is 0.478 e. The van der Waals surface area contributed by atoms with E-state index in [4.69, 9.17) is 10.8 Å². The Morgan fingerprint density at radius 1 is 1.43 bits per heavy atom. The summed E-state index contributed by atoms with van der Waals surface area (Å²) in [7, 11) is 1.75. The van der Waals surface area contributed by atoms with Crippen molar-refractivity contribution in [1.82, 2.24) is 4.98 Å². The van der Waals surface area contributed by atoms with Crippen molar-refractivity contribution in [3.8, 4) is 0 Å². The summed E-state index contributed by atoms with van der Waals surface area (Å²) in [6.07, 6.45) is 0. The Hall–Kier alpha value is -2.63. The van der Waals surface area contributed by atoms with Crippen molar-refractivity contribution in [1.29, 1.82) is 0 Å². The van der Waals surface area contributed by atoms with Gasteiger partial charge in [-0.2, -0.15) is 0 Å². The minimum atomic E-state index is -1.34. The first-order valence-corrected chi connectivity index (χ1v) is 6.34.